The average molecular weight is 370 g/mol. The molecule has 2 nitrogen and oxygen atoms in total. The molecule has 0 fully saturated rings. The highest BCUT2D eigenvalue weighted by Gasteiger charge is 2.22. The molecule has 0 bridgehead atoms. The lowest BCUT2D eigenvalue weighted by atomic mass is 9.80. The van der Waals surface area contributed by atoms with E-state index in [1.54, 1.807) is 0 Å². The van der Waals surface area contributed by atoms with Gasteiger partial charge in [-0.25, -0.2) is 0 Å². The molecule has 2 aromatic carbocycles. The van der Waals surface area contributed by atoms with Crippen LogP contribution in [0.15, 0.2) is 76.7 Å². The van der Waals surface area contributed by atoms with E-state index >= 15 is 0 Å². The number of rotatable bonds is 3. The zero-order valence-electron chi connectivity index (χ0n) is 17.1. The molecular weight excluding hydrogens is 342 g/mol. The molecule has 28 heavy (non-hydrogen) atoms. The molecule has 142 valence electrons. The van der Waals surface area contributed by atoms with Crippen LogP contribution < -0.4 is 5.43 Å². The Bertz CT molecular complexity index is 1160. The van der Waals surface area contributed by atoms with Gasteiger partial charge in [-0.15, -0.1) is 0 Å². The van der Waals surface area contributed by atoms with Crippen LogP contribution in [0, 0.1) is 12.8 Å². The Morgan fingerprint density at radius 1 is 1.00 bits per heavy atom. The molecule has 1 atom stereocenters. The van der Waals surface area contributed by atoms with E-state index in [0.717, 1.165) is 35.0 Å². The Balaban J connectivity index is 1.98. The molecule has 1 aliphatic carbocycles. The highest BCUT2D eigenvalue weighted by Crippen LogP contribution is 2.38. The van der Waals surface area contributed by atoms with Gasteiger partial charge in [-0.3, -0.25) is 4.79 Å². The van der Waals surface area contributed by atoms with Crippen LogP contribution in [-0.4, -0.2) is 4.57 Å². The van der Waals surface area contributed by atoms with Crippen LogP contribution in [0.4, 0.5) is 0 Å². The van der Waals surface area contributed by atoms with Gasteiger partial charge in [-0.2, -0.15) is 0 Å². The van der Waals surface area contributed by atoms with Crippen molar-refractivity contribution in [2.45, 2.75) is 40.7 Å². The van der Waals surface area contributed by atoms with Crippen LogP contribution >= 0.6 is 0 Å². The van der Waals surface area contributed by atoms with Crippen molar-refractivity contribution < 1.29 is 0 Å². The van der Waals surface area contributed by atoms with Crippen LogP contribution in [0.5, 0.6) is 0 Å². The Morgan fingerprint density at radius 2 is 1.75 bits per heavy atom. The van der Waals surface area contributed by atoms with Gasteiger partial charge in [0.1, 0.15) is 0 Å². The first-order chi connectivity index (χ1) is 13.5. The Morgan fingerprint density at radius 3 is 2.46 bits per heavy atom. The van der Waals surface area contributed by atoms with E-state index in [4.69, 9.17) is 0 Å². The summed E-state index contributed by atoms with van der Waals surface area (Å²) in [7, 11) is 0. The number of allylic oxidation sites excluding steroid dienone is 4. The van der Waals surface area contributed by atoms with Crippen LogP contribution in [0.3, 0.4) is 0 Å². The van der Waals surface area contributed by atoms with Crippen molar-refractivity contribution >= 4 is 16.5 Å². The summed E-state index contributed by atoms with van der Waals surface area (Å²) < 4.78 is 2.22. The number of hydrogen-bond donors (Lipinski definition) is 0. The predicted molar refractivity (Wildman–Crippen MR) is 119 cm³/mol. The first-order valence-corrected chi connectivity index (χ1v) is 10.0. The van der Waals surface area contributed by atoms with Gasteiger partial charge < -0.3 is 4.57 Å². The molecule has 0 amide bonds. The normalized spacial score (nSPS) is 17.1. The van der Waals surface area contributed by atoms with Crippen molar-refractivity contribution in [1.82, 2.24) is 4.57 Å². The SMILES string of the molecule is CC1=CC(C)=C(c2cccc3c2c(=O)c(C)cn3Cc2ccccc2)C(C)C1. The quantitative estimate of drug-likeness (QED) is 0.545. The minimum absolute atomic E-state index is 0.147. The Labute approximate surface area is 166 Å². The van der Waals surface area contributed by atoms with E-state index in [9.17, 15) is 4.79 Å². The van der Waals surface area contributed by atoms with Gasteiger partial charge in [0.2, 0.25) is 0 Å². The van der Waals surface area contributed by atoms with Crippen molar-refractivity contribution in [2.75, 3.05) is 0 Å². The number of hydrogen-bond acceptors (Lipinski definition) is 1. The van der Waals surface area contributed by atoms with Crippen molar-refractivity contribution in [3.8, 4) is 0 Å². The van der Waals surface area contributed by atoms with E-state index in [-0.39, 0.29) is 5.43 Å². The first kappa shape index (κ1) is 18.5. The fraction of sp³-hybridized carbons (Fsp3) is 0.269. The molecule has 0 spiro atoms. The fourth-order valence-electron chi connectivity index (χ4n) is 4.67. The largest absolute Gasteiger partial charge is 0.343 e. The fourth-order valence-corrected chi connectivity index (χ4v) is 4.67. The summed E-state index contributed by atoms with van der Waals surface area (Å²) in [6.45, 7) is 9.32. The lowest BCUT2D eigenvalue weighted by Crippen LogP contribution is -2.16. The maximum absolute atomic E-state index is 13.2. The smallest absolute Gasteiger partial charge is 0.192 e. The third-order valence-electron chi connectivity index (χ3n) is 5.78. The standard InChI is InChI=1S/C26H27NO/c1-17-13-18(2)24(19(3)14-17)22-11-8-12-23-25(22)26(28)20(4)15-27(23)16-21-9-6-5-7-10-21/h5-13,15,19H,14,16H2,1-4H3. The summed E-state index contributed by atoms with van der Waals surface area (Å²) in [4.78, 5) is 13.2. The van der Waals surface area contributed by atoms with E-state index < -0.39 is 0 Å². The third-order valence-corrected chi connectivity index (χ3v) is 5.78. The van der Waals surface area contributed by atoms with Gasteiger partial charge in [0.05, 0.1) is 10.9 Å². The molecule has 0 aliphatic heterocycles. The van der Waals surface area contributed by atoms with Gasteiger partial charge in [-0.1, -0.05) is 61.0 Å². The molecule has 1 heterocycles. The van der Waals surface area contributed by atoms with Gasteiger partial charge in [-0.05, 0) is 61.4 Å². The van der Waals surface area contributed by atoms with E-state index in [1.807, 2.05) is 19.2 Å². The summed E-state index contributed by atoms with van der Waals surface area (Å²) >= 11 is 0. The van der Waals surface area contributed by atoms with Crippen molar-refractivity contribution in [1.29, 1.82) is 0 Å². The van der Waals surface area contributed by atoms with Crippen LogP contribution in [-0.2, 0) is 6.54 Å². The minimum atomic E-state index is 0.147. The second kappa shape index (κ2) is 7.27. The summed E-state index contributed by atoms with van der Waals surface area (Å²) in [5.41, 5.74) is 8.28. The maximum atomic E-state index is 13.2. The monoisotopic (exact) mass is 369 g/mol. The molecule has 0 saturated carbocycles. The second-order valence-corrected chi connectivity index (χ2v) is 8.15. The second-order valence-electron chi connectivity index (χ2n) is 8.15. The molecule has 0 N–H and O–H groups in total. The van der Waals surface area contributed by atoms with Crippen molar-refractivity contribution in [3.05, 3.63) is 98.9 Å². The molecule has 1 unspecified atom stereocenters. The summed E-state index contributed by atoms with van der Waals surface area (Å²) in [5.74, 6) is 0.415. The predicted octanol–water partition coefficient (Wildman–Crippen LogP) is 6.12. The summed E-state index contributed by atoms with van der Waals surface area (Å²) in [6, 6.07) is 16.7. The number of benzene rings is 2. The highest BCUT2D eigenvalue weighted by atomic mass is 16.1. The van der Waals surface area contributed by atoms with E-state index in [1.165, 1.54) is 22.3 Å². The van der Waals surface area contributed by atoms with Gasteiger partial charge >= 0.3 is 0 Å². The minimum Gasteiger partial charge on any atom is -0.343 e. The number of pyridine rings is 1. The molecule has 4 rings (SSSR count). The zero-order valence-corrected chi connectivity index (χ0v) is 17.1. The van der Waals surface area contributed by atoms with E-state index in [0.29, 0.717) is 5.92 Å². The lowest BCUT2D eigenvalue weighted by Gasteiger charge is -2.25. The Hall–Kier alpha value is -2.87. The van der Waals surface area contributed by atoms with Gasteiger partial charge in [0, 0.05) is 18.3 Å². The number of nitrogens with zero attached hydrogens (tertiary/aromatic N) is 1. The van der Waals surface area contributed by atoms with E-state index in [2.05, 4.69) is 73.9 Å². The zero-order chi connectivity index (χ0) is 19.8. The van der Waals surface area contributed by atoms with Crippen molar-refractivity contribution in [3.63, 3.8) is 0 Å². The van der Waals surface area contributed by atoms with Crippen LogP contribution in [0.25, 0.3) is 16.5 Å². The molecule has 1 aliphatic rings. The Kier molecular flexibility index (Phi) is 4.80. The molecular formula is C26H27NO. The van der Waals surface area contributed by atoms with Crippen LogP contribution in [0.1, 0.15) is 43.9 Å². The molecule has 0 radical (unpaired) electrons. The summed E-state index contributed by atoms with van der Waals surface area (Å²) in [5, 5.41) is 0.854. The van der Waals surface area contributed by atoms with Crippen molar-refractivity contribution in [2.24, 2.45) is 5.92 Å². The molecule has 1 aromatic heterocycles. The number of aromatic nitrogens is 1. The molecule has 2 heteroatoms. The third kappa shape index (κ3) is 3.24. The number of aryl methyl sites for hydroxylation is 1. The average Bonchev–Trinajstić information content (AvgIpc) is 2.66. The number of fused-ring (bicyclic) bond motifs is 1. The first-order valence-electron chi connectivity index (χ1n) is 10.0. The van der Waals surface area contributed by atoms with Gasteiger partial charge in [0.25, 0.3) is 0 Å². The topological polar surface area (TPSA) is 22.0 Å². The van der Waals surface area contributed by atoms with Gasteiger partial charge in [0.15, 0.2) is 5.43 Å². The van der Waals surface area contributed by atoms with Crippen LogP contribution in [0.2, 0.25) is 0 Å². The molecule has 3 aromatic rings. The summed E-state index contributed by atoms with van der Waals surface area (Å²) in [6.07, 6.45) is 5.32. The lowest BCUT2D eigenvalue weighted by molar-refractivity contribution is 0.722. The molecule has 0 saturated heterocycles. The highest BCUT2D eigenvalue weighted by molar-refractivity contribution is 5.94. The maximum Gasteiger partial charge on any atom is 0.192 e.